The molecule has 0 heterocycles. The number of hydrogen-bond donors (Lipinski definition) is 2. The summed E-state index contributed by atoms with van der Waals surface area (Å²) in [5.74, 6) is 0.498. The van der Waals surface area contributed by atoms with E-state index >= 15 is 0 Å². The van der Waals surface area contributed by atoms with Gasteiger partial charge in [-0.05, 0) is 54.0 Å². The van der Waals surface area contributed by atoms with Crippen molar-refractivity contribution in [3.63, 3.8) is 0 Å². The Balaban J connectivity index is 2.83. The van der Waals surface area contributed by atoms with E-state index in [-0.39, 0.29) is 12.5 Å². The van der Waals surface area contributed by atoms with Crippen LogP contribution in [0.1, 0.15) is 37.6 Å². The lowest BCUT2D eigenvalue weighted by atomic mass is 9.94. The fourth-order valence-electron chi connectivity index (χ4n) is 2.19. The molecule has 1 aromatic carbocycles. The van der Waals surface area contributed by atoms with E-state index in [9.17, 15) is 9.90 Å². The molecule has 0 bridgehead atoms. The smallest absolute Gasteiger partial charge is 0.255 e. The minimum Gasteiger partial charge on any atom is -0.496 e. The average Bonchev–Trinajstić information content (AvgIpc) is 2.37. The third-order valence-electron chi connectivity index (χ3n) is 2.96. The zero-order chi connectivity index (χ0) is 16.2. The molecule has 6 heteroatoms. The Labute approximate surface area is 144 Å². The van der Waals surface area contributed by atoms with E-state index in [4.69, 9.17) is 16.3 Å². The van der Waals surface area contributed by atoms with Gasteiger partial charge in [-0.25, -0.2) is 0 Å². The Morgan fingerprint density at radius 3 is 2.67 bits per heavy atom. The normalized spacial score (nSPS) is 13.9. The first kappa shape index (κ1) is 18.5. The molecule has 1 aromatic rings. The van der Waals surface area contributed by atoms with Crippen molar-refractivity contribution in [3.05, 3.63) is 26.3 Å². The number of amides is 1. The Kier molecular flexibility index (Phi) is 6.74. The van der Waals surface area contributed by atoms with Gasteiger partial charge in [0.05, 0.1) is 23.3 Å². The summed E-state index contributed by atoms with van der Waals surface area (Å²) in [6.07, 6.45) is 0.609. The number of hydrogen-bond acceptors (Lipinski definition) is 3. The van der Waals surface area contributed by atoms with Crippen LogP contribution in [0.3, 0.4) is 0 Å². The minimum absolute atomic E-state index is 0.177. The summed E-state index contributed by atoms with van der Waals surface area (Å²) in [4.78, 5) is 12.3. The lowest BCUT2D eigenvalue weighted by Crippen LogP contribution is -2.41. The van der Waals surface area contributed by atoms with E-state index in [1.54, 1.807) is 19.1 Å². The van der Waals surface area contributed by atoms with Gasteiger partial charge in [-0.3, -0.25) is 4.79 Å². The second-order valence-corrected chi connectivity index (χ2v) is 7.31. The van der Waals surface area contributed by atoms with Gasteiger partial charge in [-0.2, -0.15) is 0 Å². The number of nitrogens with one attached hydrogen (secondary N) is 1. The highest BCUT2D eigenvalue weighted by atomic mass is 127. The zero-order valence-electron chi connectivity index (χ0n) is 12.7. The van der Waals surface area contributed by atoms with Crippen molar-refractivity contribution in [2.75, 3.05) is 13.7 Å². The molecule has 0 spiro atoms. The van der Waals surface area contributed by atoms with E-state index < -0.39 is 5.60 Å². The third-order valence-corrected chi connectivity index (χ3v) is 4.49. The van der Waals surface area contributed by atoms with Gasteiger partial charge in [-0.1, -0.05) is 25.4 Å². The fraction of sp³-hybridized carbons (Fsp3) is 0.533. The maximum absolute atomic E-state index is 12.3. The van der Waals surface area contributed by atoms with Crippen LogP contribution < -0.4 is 10.1 Å². The Morgan fingerprint density at radius 2 is 2.14 bits per heavy atom. The second kappa shape index (κ2) is 7.65. The van der Waals surface area contributed by atoms with E-state index in [1.165, 1.54) is 7.11 Å². The summed E-state index contributed by atoms with van der Waals surface area (Å²) >= 11 is 8.13. The largest absolute Gasteiger partial charge is 0.496 e. The summed E-state index contributed by atoms with van der Waals surface area (Å²) < 4.78 is 6.03. The molecule has 1 unspecified atom stereocenters. The summed E-state index contributed by atoms with van der Waals surface area (Å²) in [5, 5.41) is 13.5. The number of carbonyl (C=O) groups excluding carboxylic acids is 1. The Morgan fingerprint density at radius 1 is 1.52 bits per heavy atom. The summed E-state index contributed by atoms with van der Waals surface area (Å²) in [7, 11) is 1.50. The van der Waals surface area contributed by atoms with Crippen LogP contribution in [0.2, 0.25) is 5.02 Å². The lowest BCUT2D eigenvalue weighted by Gasteiger charge is -2.25. The van der Waals surface area contributed by atoms with E-state index in [0.29, 0.717) is 28.7 Å². The molecule has 0 fully saturated rings. The van der Waals surface area contributed by atoms with Crippen molar-refractivity contribution in [1.82, 2.24) is 5.32 Å². The molecule has 0 aliphatic rings. The number of aliphatic hydroxyl groups is 1. The molecule has 4 nitrogen and oxygen atoms in total. The number of methoxy groups -OCH3 is 1. The van der Waals surface area contributed by atoms with Gasteiger partial charge in [-0.15, -0.1) is 0 Å². The van der Waals surface area contributed by atoms with Crippen molar-refractivity contribution in [2.24, 2.45) is 5.92 Å². The van der Waals surface area contributed by atoms with Crippen molar-refractivity contribution >= 4 is 40.1 Å². The van der Waals surface area contributed by atoms with Gasteiger partial charge < -0.3 is 15.2 Å². The average molecular weight is 426 g/mol. The minimum atomic E-state index is -0.940. The van der Waals surface area contributed by atoms with Crippen LogP contribution in [0.5, 0.6) is 5.75 Å². The molecule has 21 heavy (non-hydrogen) atoms. The second-order valence-electron chi connectivity index (χ2n) is 5.74. The van der Waals surface area contributed by atoms with Crippen LogP contribution in [0.25, 0.3) is 0 Å². The lowest BCUT2D eigenvalue weighted by molar-refractivity contribution is 0.0368. The SMILES string of the molecule is COc1cc(I)c(Cl)cc1C(=O)NCC(C)(O)CC(C)C. The predicted octanol–water partition coefficient (Wildman–Crippen LogP) is 3.48. The molecule has 2 N–H and O–H groups in total. The Hall–Kier alpha value is -0.530. The number of benzene rings is 1. The number of rotatable bonds is 6. The summed E-state index contributed by atoms with van der Waals surface area (Å²) in [6.45, 7) is 5.94. The van der Waals surface area contributed by atoms with Crippen molar-refractivity contribution in [2.45, 2.75) is 32.8 Å². The predicted molar refractivity (Wildman–Crippen MR) is 93.1 cm³/mol. The fourth-order valence-corrected chi connectivity index (χ4v) is 2.79. The van der Waals surface area contributed by atoms with Crippen LogP contribution in [0.15, 0.2) is 12.1 Å². The maximum Gasteiger partial charge on any atom is 0.255 e. The van der Waals surface area contributed by atoms with E-state index in [1.807, 2.05) is 13.8 Å². The molecule has 0 saturated heterocycles. The maximum atomic E-state index is 12.3. The van der Waals surface area contributed by atoms with Crippen molar-refractivity contribution < 1.29 is 14.6 Å². The van der Waals surface area contributed by atoms with Crippen LogP contribution >= 0.6 is 34.2 Å². The highest BCUT2D eigenvalue weighted by molar-refractivity contribution is 14.1. The van der Waals surface area contributed by atoms with Gasteiger partial charge in [0, 0.05) is 10.1 Å². The monoisotopic (exact) mass is 425 g/mol. The first-order valence-corrected chi connectivity index (χ1v) is 8.15. The molecule has 1 atom stereocenters. The van der Waals surface area contributed by atoms with Crippen LogP contribution in [0.4, 0.5) is 0 Å². The van der Waals surface area contributed by atoms with E-state index in [2.05, 4.69) is 27.9 Å². The van der Waals surface area contributed by atoms with Crippen LogP contribution in [0, 0.1) is 9.49 Å². The molecule has 0 radical (unpaired) electrons. The molecule has 118 valence electrons. The van der Waals surface area contributed by atoms with Gasteiger partial charge in [0.15, 0.2) is 0 Å². The standard InChI is InChI=1S/C15H21ClINO3/c1-9(2)7-15(3,20)8-18-14(19)10-5-11(16)12(17)6-13(10)21-4/h5-6,9,20H,7-8H2,1-4H3,(H,18,19). The summed E-state index contributed by atoms with van der Waals surface area (Å²) in [5.41, 5.74) is -0.576. The topological polar surface area (TPSA) is 58.6 Å². The zero-order valence-corrected chi connectivity index (χ0v) is 15.6. The van der Waals surface area contributed by atoms with Crippen LogP contribution in [-0.4, -0.2) is 30.3 Å². The highest BCUT2D eigenvalue weighted by Gasteiger charge is 2.24. The third kappa shape index (κ3) is 5.64. The van der Waals surface area contributed by atoms with Gasteiger partial charge >= 0.3 is 0 Å². The molecule has 0 aliphatic carbocycles. The number of carbonyl (C=O) groups is 1. The van der Waals surface area contributed by atoms with Crippen LogP contribution in [-0.2, 0) is 0 Å². The molecule has 0 aromatic heterocycles. The molecule has 1 rings (SSSR count). The molecule has 1 amide bonds. The van der Waals surface area contributed by atoms with Gasteiger partial charge in [0.1, 0.15) is 5.75 Å². The first-order chi connectivity index (χ1) is 9.66. The van der Waals surface area contributed by atoms with E-state index in [0.717, 1.165) is 3.57 Å². The first-order valence-electron chi connectivity index (χ1n) is 6.70. The molecule has 0 saturated carbocycles. The molecule has 0 aliphatic heterocycles. The number of ether oxygens (including phenoxy) is 1. The Bertz CT molecular complexity index is 518. The van der Waals surface area contributed by atoms with Gasteiger partial charge in [0.25, 0.3) is 5.91 Å². The van der Waals surface area contributed by atoms with Crippen molar-refractivity contribution in [1.29, 1.82) is 0 Å². The highest BCUT2D eigenvalue weighted by Crippen LogP contribution is 2.28. The summed E-state index contributed by atoms with van der Waals surface area (Å²) in [6, 6.07) is 3.29. The molecular weight excluding hydrogens is 405 g/mol. The van der Waals surface area contributed by atoms with Gasteiger partial charge in [0.2, 0.25) is 0 Å². The quantitative estimate of drug-likeness (QED) is 0.686. The molecular formula is C15H21ClINO3. The number of halogens is 2. The van der Waals surface area contributed by atoms with Crippen molar-refractivity contribution in [3.8, 4) is 5.75 Å².